The molecule has 0 aliphatic carbocycles. The van der Waals surface area contributed by atoms with Gasteiger partial charge in [0.2, 0.25) is 10.0 Å². The Bertz CT molecular complexity index is 572. The Labute approximate surface area is 121 Å². The second-order valence-electron chi connectivity index (χ2n) is 5.57. The molecular formula is C14H23N3O2S. The lowest BCUT2D eigenvalue weighted by Gasteiger charge is -2.40. The van der Waals surface area contributed by atoms with Gasteiger partial charge in [-0.05, 0) is 26.0 Å². The minimum absolute atomic E-state index is 0.268. The number of nitrogens with one attached hydrogen (secondary N) is 1. The zero-order valence-electron chi connectivity index (χ0n) is 12.5. The van der Waals surface area contributed by atoms with Crippen molar-refractivity contribution in [3.8, 4) is 0 Å². The summed E-state index contributed by atoms with van der Waals surface area (Å²) in [7, 11) is -0.296. The molecule has 0 amide bonds. The van der Waals surface area contributed by atoms with E-state index < -0.39 is 10.0 Å². The fourth-order valence-corrected chi connectivity index (χ4v) is 3.56. The van der Waals surface area contributed by atoms with Crippen molar-refractivity contribution in [1.82, 2.24) is 9.62 Å². The van der Waals surface area contributed by atoms with Crippen LogP contribution >= 0.6 is 0 Å². The first kappa shape index (κ1) is 15.3. The van der Waals surface area contributed by atoms with Gasteiger partial charge in [-0.2, -0.15) is 0 Å². The van der Waals surface area contributed by atoms with Crippen LogP contribution in [-0.4, -0.2) is 52.0 Å². The molecule has 1 aliphatic rings. The summed E-state index contributed by atoms with van der Waals surface area (Å²) in [4.78, 5) is 2.56. The Hall–Kier alpha value is -1.11. The lowest BCUT2D eigenvalue weighted by atomic mass is 10.1. The average Bonchev–Trinajstić information content (AvgIpc) is 2.41. The maximum absolute atomic E-state index is 12.5. The van der Waals surface area contributed by atoms with E-state index in [1.54, 1.807) is 26.2 Å². The van der Waals surface area contributed by atoms with Gasteiger partial charge in [0.1, 0.15) is 4.90 Å². The molecule has 5 nitrogen and oxygen atoms in total. The first-order valence-corrected chi connectivity index (χ1v) is 8.29. The Kier molecular flexibility index (Phi) is 4.36. The van der Waals surface area contributed by atoms with Crippen LogP contribution in [-0.2, 0) is 10.0 Å². The van der Waals surface area contributed by atoms with E-state index >= 15 is 0 Å². The monoisotopic (exact) mass is 297 g/mol. The van der Waals surface area contributed by atoms with Gasteiger partial charge in [-0.25, -0.2) is 12.7 Å². The minimum Gasteiger partial charge on any atom is -0.365 e. The predicted molar refractivity (Wildman–Crippen MR) is 81.6 cm³/mol. The van der Waals surface area contributed by atoms with E-state index in [-0.39, 0.29) is 6.04 Å². The van der Waals surface area contributed by atoms with Crippen molar-refractivity contribution in [3.63, 3.8) is 0 Å². The summed E-state index contributed by atoms with van der Waals surface area (Å²) in [5.41, 5.74) is 0.794. The highest BCUT2D eigenvalue weighted by Crippen LogP contribution is 2.29. The number of sulfonamides is 1. The summed E-state index contributed by atoms with van der Waals surface area (Å²) in [6, 6.07) is 7.86. The summed E-state index contributed by atoms with van der Waals surface area (Å²) in [5.74, 6) is 0. The Balaban J connectivity index is 2.47. The van der Waals surface area contributed by atoms with E-state index in [0.29, 0.717) is 10.9 Å². The maximum Gasteiger partial charge on any atom is 0.244 e. The third-order valence-electron chi connectivity index (χ3n) is 3.70. The molecule has 2 unspecified atom stereocenters. The molecule has 0 aromatic heterocycles. The van der Waals surface area contributed by atoms with Crippen LogP contribution in [0.3, 0.4) is 0 Å². The van der Waals surface area contributed by atoms with Crippen LogP contribution in [0.5, 0.6) is 0 Å². The lowest BCUT2D eigenvalue weighted by Crippen LogP contribution is -2.54. The normalized spacial score (nSPS) is 24.1. The highest BCUT2D eigenvalue weighted by atomic mass is 32.2. The molecule has 1 N–H and O–H groups in total. The van der Waals surface area contributed by atoms with Crippen molar-refractivity contribution in [2.45, 2.75) is 30.8 Å². The fraction of sp³-hybridized carbons (Fsp3) is 0.571. The highest BCUT2D eigenvalue weighted by molar-refractivity contribution is 7.89. The number of rotatable bonds is 3. The highest BCUT2D eigenvalue weighted by Gasteiger charge is 2.28. The van der Waals surface area contributed by atoms with Gasteiger partial charge in [0.15, 0.2) is 0 Å². The molecule has 2 rings (SSSR count). The first-order valence-electron chi connectivity index (χ1n) is 6.85. The standard InChI is InChI=1S/C14H23N3O2S/c1-11-10-17(12(2)9-15-11)13-7-5-6-8-14(13)20(18,19)16(3)4/h5-8,11-12,15H,9-10H2,1-4H3. The number of para-hydroxylation sites is 1. The molecule has 0 radical (unpaired) electrons. The van der Waals surface area contributed by atoms with E-state index in [9.17, 15) is 8.42 Å². The Morgan fingerprint density at radius 2 is 1.90 bits per heavy atom. The molecule has 1 aromatic rings. The third-order valence-corrected chi connectivity index (χ3v) is 5.56. The molecule has 2 atom stereocenters. The van der Waals surface area contributed by atoms with Gasteiger partial charge < -0.3 is 10.2 Å². The van der Waals surface area contributed by atoms with E-state index in [1.165, 1.54) is 4.31 Å². The molecule has 6 heteroatoms. The number of hydrogen-bond donors (Lipinski definition) is 1. The number of piperazine rings is 1. The molecule has 112 valence electrons. The smallest absolute Gasteiger partial charge is 0.244 e. The van der Waals surface area contributed by atoms with Gasteiger partial charge in [-0.15, -0.1) is 0 Å². The molecule has 0 saturated carbocycles. The number of hydrogen-bond acceptors (Lipinski definition) is 4. The van der Waals surface area contributed by atoms with Crippen LogP contribution in [0.2, 0.25) is 0 Å². The van der Waals surface area contributed by atoms with Crippen molar-refractivity contribution in [2.24, 2.45) is 0 Å². The molecule has 1 saturated heterocycles. The Morgan fingerprint density at radius 3 is 2.55 bits per heavy atom. The number of nitrogens with zero attached hydrogens (tertiary/aromatic N) is 2. The number of benzene rings is 1. The zero-order valence-corrected chi connectivity index (χ0v) is 13.3. The van der Waals surface area contributed by atoms with Crippen LogP contribution in [0, 0.1) is 0 Å². The van der Waals surface area contributed by atoms with Gasteiger partial charge in [0, 0.05) is 39.3 Å². The molecular weight excluding hydrogens is 274 g/mol. The third kappa shape index (κ3) is 2.82. The topological polar surface area (TPSA) is 52.7 Å². The van der Waals surface area contributed by atoms with Crippen LogP contribution in [0.25, 0.3) is 0 Å². The second-order valence-corrected chi connectivity index (χ2v) is 7.69. The van der Waals surface area contributed by atoms with E-state index in [2.05, 4.69) is 24.1 Å². The predicted octanol–water partition coefficient (Wildman–Crippen LogP) is 1.12. The van der Waals surface area contributed by atoms with E-state index in [0.717, 1.165) is 18.8 Å². The van der Waals surface area contributed by atoms with Gasteiger partial charge >= 0.3 is 0 Å². The molecule has 1 heterocycles. The zero-order chi connectivity index (χ0) is 14.9. The summed E-state index contributed by atoms with van der Waals surface area (Å²) in [6.45, 7) is 5.89. The van der Waals surface area contributed by atoms with Crippen LogP contribution in [0.1, 0.15) is 13.8 Å². The SMILES string of the molecule is CC1CN(c2ccccc2S(=O)(=O)N(C)C)C(C)CN1. The summed E-state index contributed by atoms with van der Waals surface area (Å²) in [5, 5.41) is 3.41. The molecule has 0 spiro atoms. The van der Waals surface area contributed by atoms with E-state index in [4.69, 9.17) is 0 Å². The fourth-order valence-electron chi connectivity index (χ4n) is 2.47. The minimum atomic E-state index is -3.43. The molecule has 1 aromatic carbocycles. The molecule has 1 fully saturated rings. The van der Waals surface area contributed by atoms with Crippen LogP contribution in [0.15, 0.2) is 29.2 Å². The maximum atomic E-state index is 12.5. The average molecular weight is 297 g/mol. The summed E-state index contributed by atoms with van der Waals surface area (Å²) < 4.78 is 26.2. The van der Waals surface area contributed by atoms with Crippen molar-refractivity contribution in [1.29, 1.82) is 0 Å². The quantitative estimate of drug-likeness (QED) is 0.908. The van der Waals surface area contributed by atoms with E-state index in [1.807, 2.05) is 12.1 Å². The van der Waals surface area contributed by atoms with Gasteiger partial charge in [-0.1, -0.05) is 12.1 Å². The summed E-state index contributed by atoms with van der Waals surface area (Å²) in [6.07, 6.45) is 0. The largest absolute Gasteiger partial charge is 0.365 e. The van der Waals surface area contributed by atoms with Crippen molar-refractivity contribution in [3.05, 3.63) is 24.3 Å². The lowest BCUT2D eigenvalue weighted by molar-refractivity contribution is 0.423. The molecule has 20 heavy (non-hydrogen) atoms. The van der Waals surface area contributed by atoms with Crippen molar-refractivity contribution in [2.75, 3.05) is 32.1 Å². The molecule has 0 bridgehead atoms. The number of anilines is 1. The second kappa shape index (κ2) is 5.71. The summed E-state index contributed by atoms with van der Waals surface area (Å²) >= 11 is 0. The first-order chi connectivity index (χ1) is 9.34. The Morgan fingerprint density at radius 1 is 1.25 bits per heavy atom. The van der Waals surface area contributed by atoms with Gasteiger partial charge in [-0.3, -0.25) is 0 Å². The van der Waals surface area contributed by atoms with Crippen LogP contribution < -0.4 is 10.2 Å². The molecule has 1 aliphatic heterocycles. The van der Waals surface area contributed by atoms with Crippen LogP contribution in [0.4, 0.5) is 5.69 Å². The van der Waals surface area contributed by atoms with Crippen molar-refractivity contribution < 1.29 is 8.42 Å². The van der Waals surface area contributed by atoms with Crippen molar-refractivity contribution >= 4 is 15.7 Å². The van der Waals surface area contributed by atoms with Gasteiger partial charge in [0.25, 0.3) is 0 Å². The van der Waals surface area contributed by atoms with Gasteiger partial charge in [0.05, 0.1) is 5.69 Å².